The summed E-state index contributed by atoms with van der Waals surface area (Å²) >= 11 is 0. The molecule has 1 aliphatic carbocycles. The van der Waals surface area contributed by atoms with Gasteiger partial charge in [-0.1, -0.05) is 45.4 Å². The third-order valence-electron chi connectivity index (χ3n) is 6.58. The number of nitrogens with one attached hydrogen (secondary N) is 1. The molecule has 1 N–H and O–H groups in total. The molecule has 3 aromatic rings. The van der Waals surface area contributed by atoms with Gasteiger partial charge < -0.3 is 4.57 Å². The van der Waals surface area contributed by atoms with Gasteiger partial charge in [0.05, 0.1) is 10.8 Å². The van der Waals surface area contributed by atoms with E-state index in [9.17, 15) is 34.8 Å². The van der Waals surface area contributed by atoms with Gasteiger partial charge in [0.1, 0.15) is 11.9 Å². The number of benzene rings is 2. The fourth-order valence-corrected chi connectivity index (χ4v) is 6.36. The van der Waals surface area contributed by atoms with Gasteiger partial charge in [-0.2, -0.15) is 31.1 Å². The monoisotopic (exact) mass is 564 g/mol. The maximum Gasteiger partial charge on any atom is 0.417 e. The van der Waals surface area contributed by atoms with Gasteiger partial charge in [-0.15, -0.1) is 0 Å². The van der Waals surface area contributed by atoms with Crippen LogP contribution in [-0.2, 0) is 22.7 Å². The molecule has 0 amide bonds. The van der Waals surface area contributed by atoms with E-state index in [4.69, 9.17) is 0 Å². The lowest BCUT2D eigenvalue weighted by molar-refractivity contribution is -0.152. The first-order valence-electron chi connectivity index (χ1n) is 12.0. The number of rotatable bonds is 6. The van der Waals surface area contributed by atoms with Crippen molar-refractivity contribution < 1.29 is 39.2 Å². The minimum Gasteiger partial charge on any atom is -0.347 e. The Labute approximate surface area is 215 Å². The molecule has 1 aliphatic rings. The fourth-order valence-electron chi connectivity index (χ4n) is 4.63. The Bertz CT molecular complexity index is 1450. The topological polar surface area (TPSA) is 51.1 Å². The second-order valence-electron chi connectivity index (χ2n) is 10.9. The summed E-state index contributed by atoms with van der Waals surface area (Å²) < 4.78 is 128. The van der Waals surface area contributed by atoms with Crippen molar-refractivity contribution in [3.05, 3.63) is 59.5 Å². The summed E-state index contributed by atoms with van der Waals surface area (Å²) in [5.41, 5.74) is -2.92. The molecule has 1 heterocycles. The summed E-state index contributed by atoms with van der Waals surface area (Å²) in [7, 11) is -4.33. The molecule has 1 saturated carbocycles. The van der Waals surface area contributed by atoms with Crippen molar-refractivity contribution in [1.82, 2.24) is 9.29 Å². The summed E-state index contributed by atoms with van der Waals surface area (Å²) in [5, 5.41) is -1.18. The molecule has 0 spiro atoms. The van der Waals surface area contributed by atoms with E-state index in [1.54, 1.807) is 4.72 Å². The molecule has 12 heteroatoms. The zero-order valence-corrected chi connectivity index (χ0v) is 21.7. The molecule has 1 aromatic heterocycles. The Kier molecular flexibility index (Phi) is 7.14. The van der Waals surface area contributed by atoms with E-state index in [1.807, 2.05) is 20.8 Å². The van der Waals surface area contributed by atoms with E-state index in [2.05, 4.69) is 0 Å². The number of hydrogen-bond donors (Lipinski definition) is 1. The molecule has 2 aromatic carbocycles. The van der Waals surface area contributed by atoms with Crippen molar-refractivity contribution in [2.75, 3.05) is 0 Å². The molecule has 208 valence electrons. The predicted octanol–water partition coefficient (Wildman–Crippen LogP) is 7.59. The molecule has 0 saturated heterocycles. The standard InChI is InChI=1S/C26H27F7N2O2S/c1-24(2,3)14-35-13-19(23(26(31,32)33)34-38(36,37)15-7-6-8-15)18-11-21(27)17(12-22(18)35)16-9-4-5-10-20(16)25(28,29)30/h4-5,9-13,15,23,34H,6-8,14H2,1-3H3. The first kappa shape index (κ1) is 28.4. The minimum atomic E-state index is -5.06. The highest BCUT2D eigenvalue weighted by molar-refractivity contribution is 7.90. The van der Waals surface area contributed by atoms with Gasteiger partial charge in [-0.05, 0) is 42.0 Å². The Balaban J connectivity index is 1.95. The second kappa shape index (κ2) is 9.55. The lowest BCUT2D eigenvalue weighted by Gasteiger charge is -2.29. The number of sulfonamides is 1. The number of alkyl halides is 6. The Hall–Kier alpha value is -2.60. The molecule has 1 fully saturated rings. The van der Waals surface area contributed by atoms with Crippen molar-refractivity contribution in [1.29, 1.82) is 0 Å². The summed E-state index contributed by atoms with van der Waals surface area (Å²) in [6, 6.07) is 3.54. The largest absolute Gasteiger partial charge is 0.417 e. The molecular formula is C26H27F7N2O2S. The number of hydrogen-bond acceptors (Lipinski definition) is 2. The predicted molar refractivity (Wildman–Crippen MR) is 130 cm³/mol. The van der Waals surface area contributed by atoms with E-state index >= 15 is 4.39 Å². The van der Waals surface area contributed by atoms with Crippen LogP contribution in [0, 0.1) is 11.2 Å². The second-order valence-corrected chi connectivity index (χ2v) is 12.8. The zero-order valence-electron chi connectivity index (χ0n) is 20.8. The zero-order chi connectivity index (χ0) is 28.3. The van der Waals surface area contributed by atoms with Crippen LogP contribution in [0.3, 0.4) is 0 Å². The smallest absolute Gasteiger partial charge is 0.347 e. The lowest BCUT2D eigenvalue weighted by atomic mass is 9.95. The maximum absolute atomic E-state index is 15.4. The summed E-state index contributed by atoms with van der Waals surface area (Å²) in [5.74, 6) is -1.16. The average Bonchev–Trinajstić information content (AvgIpc) is 3.03. The van der Waals surface area contributed by atoms with E-state index in [0.717, 1.165) is 36.5 Å². The van der Waals surface area contributed by atoms with Gasteiger partial charge in [0, 0.05) is 34.8 Å². The van der Waals surface area contributed by atoms with E-state index in [1.165, 1.54) is 10.6 Å². The van der Waals surface area contributed by atoms with E-state index in [-0.39, 0.29) is 30.3 Å². The number of nitrogens with zero attached hydrogens (tertiary/aromatic N) is 1. The molecule has 1 atom stereocenters. The third kappa shape index (κ3) is 5.70. The lowest BCUT2D eigenvalue weighted by Crippen LogP contribution is -2.44. The first-order chi connectivity index (χ1) is 17.4. The highest BCUT2D eigenvalue weighted by Crippen LogP contribution is 2.43. The van der Waals surface area contributed by atoms with Crippen LogP contribution < -0.4 is 4.72 Å². The third-order valence-corrected chi connectivity index (χ3v) is 8.49. The maximum atomic E-state index is 15.4. The van der Waals surface area contributed by atoms with E-state index < -0.39 is 67.2 Å². The van der Waals surface area contributed by atoms with Gasteiger partial charge in [0.15, 0.2) is 0 Å². The van der Waals surface area contributed by atoms with Crippen molar-refractivity contribution in [2.45, 2.75) is 70.2 Å². The molecule has 4 nitrogen and oxygen atoms in total. The summed E-state index contributed by atoms with van der Waals surface area (Å²) in [4.78, 5) is 0. The number of fused-ring (bicyclic) bond motifs is 1. The Morgan fingerprint density at radius 1 is 1.00 bits per heavy atom. The normalized spacial score (nSPS) is 16.6. The van der Waals surface area contributed by atoms with Crippen LogP contribution >= 0.6 is 0 Å². The van der Waals surface area contributed by atoms with Crippen LogP contribution in [0.25, 0.3) is 22.0 Å². The van der Waals surface area contributed by atoms with Gasteiger partial charge in [-0.25, -0.2) is 12.8 Å². The van der Waals surface area contributed by atoms with Crippen LogP contribution in [0.4, 0.5) is 30.7 Å². The first-order valence-corrected chi connectivity index (χ1v) is 13.5. The van der Waals surface area contributed by atoms with Crippen LogP contribution in [0.5, 0.6) is 0 Å². The molecule has 0 bridgehead atoms. The Morgan fingerprint density at radius 2 is 1.63 bits per heavy atom. The minimum absolute atomic E-state index is 0.0559. The quantitative estimate of drug-likeness (QED) is 0.314. The van der Waals surface area contributed by atoms with Crippen LogP contribution in [0.2, 0.25) is 0 Å². The van der Waals surface area contributed by atoms with Crippen LogP contribution in [0.1, 0.15) is 57.2 Å². The summed E-state index contributed by atoms with van der Waals surface area (Å²) in [6.45, 7) is 5.56. The molecule has 38 heavy (non-hydrogen) atoms. The summed E-state index contributed by atoms with van der Waals surface area (Å²) in [6.07, 6.45) is -7.69. The number of aromatic nitrogens is 1. The van der Waals surface area contributed by atoms with Gasteiger partial charge in [0.2, 0.25) is 10.0 Å². The fraction of sp³-hybridized carbons (Fsp3) is 0.462. The SMILES string of the molecule is CC(C)(C)Cn1cc(C(NS(=O)(=O)C2CCC2)C(F)(F)F)c2cc(F)c(-c3ccccc3C(F)(F)F)cc21. The van der Waals surface area contributed by atoms with Gasteiger partial charge in [0.25, 0.3) is 0 Å². The van der Waals surface area contributed by atoms with Crippen molar-refractivity contribution >= 4 is 20.9 Å². The van der Waals surface area contributed by atoms with E-state index in [0.29, 0.717) is 6.42 Å². The molecule has 4 rings (SSSR count). The van der Waals surface area contributed by atoms with Crippen molar-refractivity contribution in [2.24, 2.45) is 5.41 Å². The average molecular weight is 565 g/mol. The number of halogens is 7. The molecule has 1 unspecified atom stereocenters. The van der Waals surface area contributed by atoms with Crippen molar-refractivity contribution in [3.8, 4) is 11.1 Å². The van der Waals surface area contributed by atoms with Gasteiger partial charge >= 0.3 is 12.4 Å². The highest BCUT2D eigenvalue weighted by atomic mass is 32.2. The Morgan fingerprint density at radius 3 is 2.16 bits per heavy atom. The highest BCUT2D eigenvalue weighted by Gasteiger charge is 2.47. The van der Waals surface area contributed by atoms with Crippen molar-refractivity contribution in [3.63, 3.8) is 0 Å². The van der Waals surface area contributed by atoms with Crippen LogP contribution in [-0.4, -0.2) is 24.4 Å². The molecular weight excluding hydrogens is 537 g/mol. The van der Waals surface area contributed by atoms with Gasteiger partial charge in [-0.3, -0.25) is 0 Å². The molecule has 0 aliphatic heterocycles. The van der Waals surface area contributed by atoms with Crippen LogP contribution in [0.15, 0.2) is 42.6 Å². The molecule has 0 radical (unpaired) electrons.